The SMILES string of the molecule is Cc1ccc(CN2CCN([C@H](C=O)N3c4ccccc4CC3CF)CC2)cc1. The van der Waals surface area contributed by atoms with Gasteiger partial charge >= 0.3 is 0 Å². The van der Waals surface area contributed by atoms with Gasteiger partial charge in [-0.1, -0.05) is 48.0 Å². The zero-order valence-electron chi connectivity index (χ0n) is 16.4. The first-order chi connectivity index (χ1) is 13.7. The summed E-state index contributed by atoms with van der Waals surface area (Å²) in [6, 6.07) is 16.4. The number of aldehydes is 1. The van der Waals surface area contributed by atoms with Gasteiger partial charge in [-0.15, -0.1) is 0 Å². The maximum Gasteiger partial charge on any atom is 0.157 e. The number of rotatable bonds is 6. The summed E-state index contributed by atoms with van der Waals surface area (Å²) in [7, 11) is 0. The van der Waals surface area contributed by atoms with E-state index in [-0.39, 0.29) is 6.04 Å². The van der Waals surface area contributed by atoms with E-state index >= 15 is 0 Å². The predicted octanol–water partition coefficient (Wildman–Crippen LogP) is 3.04. The van der Waals surface area contributed by atoms with E-state index in [1.807, 2.05) is 29.2 Å². The minimum atomic E-state index is -0.438. The molecule has 1 fully saturated rings. The van der Waals surface area contributed by atoms with Crippen molar-refractivity contribution in [2.75, 3.05) is 37.8 Å². The van der Waals surface area contributed by atoms with Crippen LogP contribution in [0.15, 0.2) is 48.5 Å². The Morgan fingerprint density at radius 2 is 1.79 bits per heavy atom. The van der Waals surface area contributed by atoms with Gasteiger partial charge in [-0.05, 0) is 30.5 Å². The molecule has 2 atom stereocenters. The third-order valence-electron chi connectivity index (χ3n) is 6.01. The molecule has 4 nitrogen and oxygen atoms in total. The van der Waals surface area contributed by atoms with Gasteiger partial charge in [0.2, 0.25) is 0 Å². The molecular formula is C23H28FN3O. The molecule has 4 rings (SSSR count). The molecule has 148 valence electrons. The number of piperazine rings is 1. The maximum atomic E-state index is 13.7. The monoisotopic (exact) mass is 381 g/mol. The van der Waals surface area contributed by atoms with E-state index in [4.69, 9.17) is 0 Å². The van der Waals surface area contributed by atoms with Crippen LogP contribution in [0.2, 0.25) is 0 Å². The smallest absolute Gasteiger partial charge is 0.157 e. The average molecular weight is 381 g/mol. The van der Waals surface area contributed by atoms with Crippen molar-refractivity contribution in [2.24, 2.45) is 0 Å². The van der Waals surface area contributed by atoms with Crippen molar-refractivity contribution < 1.29 is 9.18 Å². The van der Waals surface area contributed by atoms with Gasteiger partial charge in [0.05, 0.1) is 6.04 Å². The van der Waals surface area contributed by atoms with E-state index in [0.29, 0.717) is 6.42 Å². The minimum absolute atomic E-state index is 0.252. The van der Waals surface area contributed by atoms with Gasteiger partial charge < -0.3 is 4.90 Å². The van der Waals surface area contributed by atoms with Crippen molar-refractivity contribution in [1.82, 2.24) is 9.80 Å². The van der Waals surface area contributed by atoms with Crippen molar-refractivity contribution in [3.63, 3.8) is 0 Å². The fourth-order valence-electron chi connectivity index (χ4n) is 4.44. The third-order valence-corrected chi connectivity index (χ3v) is 6.01. The van der Waals surface area contributed by atoms with Crippen molar-refractivity contribution >= 4 is 12.0 Å². The second-order valence-corrected chi connectivity index (χ2v) is 7.90. The van der Waals surface area contributed by atoms with Crippen LogP contribution in [-0.4, -0.2) is 61.1 Å². The Morgan fingerprint density at radius 1 is 1.07 bits per heavy atom. The fraction of sp³-hybridized carbons (Fsp3) is 0.435. The Balaban J connectivity index is 1.42. The number of alkyl halides is 1. The Morgan fingerprint density at radius 3 is 2.46 bits per heavy atom. The largest absolute Gasteiger partial charge is 0.343 e. The molecule has 28 heavy (non-hydrogen) atoms. The first-order valence-corrected chi connectivity index (χ1v) is 10.1. The van der Waals surface area contributed by atoms with Crippen LogP contribution in [-0.2, 0) is 17.8 Å². The molecule has 2 aromatic carbocycles. The van der Waals surface area contributed by atoms with Gasteiger partial charge in [-0.2, -0.15) is 0 Å². The highest BCUT2D eigenvalue weighted by Crippen LogP contribution is 2.34. The van der Waals surface area contributed by atoms with E-state index in [2.05, 4.69) is 41.0 Å². The van der Waals surface area contributed by atoms with Crippen molar-refractivity contribution in [3.8, 4) is 0 Å². The van der Waals surface area contributed by atoms with E-state index in [1.54, 1.807) is 0 Å². The molecular weight excluding hydrogens is 353 g/mol. The number of hydrogen-bond donors (Lipinski definition) is 0. The molecule has 0 N–H and O–H groups in total. The maximum absolute atomic E-state index is 13.7. The number of halogens is 1. The summed E-state index contributed by atoms with van der Waals surface area (Å²) >= 11 is 0. The number of para-hydroxylation sites is 1. The molecule has 0 amide bonds. The first kappa shape index (κ1) is 19.1. The lowest BCUT2D eigenvalue weighted by molar-refractivity contribution is -0.113. The Kier molecular flexibility index (Phi) is 5.74. The highest BCUT2D eigenvalue weighted by Gasteiger charge is 2.37. The van der Waals surface area contributed by atoms with Gasteiger partial charge in [0.25, 0.3) is 0 Å². The summed E-state index contributed by atoms with van der Waals surface area (Å²) in [5.74, 6) is 0. The lowest BCUT2D eigenvalue weighted by Gasteiger charge is -2.42. The van der Waals surface area contributed by atoms with Gasteiger partial charge in [0.15, 0.2) is 6.29 Å². The molecule has 1 unspecified atom stereocenters. The quantitative estimate of drug-likeness (QED) is 0.719. The van der Waals surface area contributed by atoms with Gasteiger partial charge in [0.1, 0.15) is 12.8 Å². The zero-order chi connectivity index (χ0) is 19.5. The highest BCUT2D eigenvalue weighted by molar-refractivity contribution is 5.70. The molecule has 0 aromatic heterocycles. The summed E-state index contributed by atoms with van der Waals surface area (Å²) < 4.78 is 13.7. The van der Waals surface area contributed by atoms with Crippen LogP contribution in [0.4, 0.5) is 10.1 Å². The highest BCUT2D eigenvalue weighted by atomic mass is 19.1. The predicted molar refractivity (Wildman–Crippen MR) is 110 cm³/mol. The lowest BCUT2D eigenvalue weighted by atomic mass is 10.1. The van der Waals surface area contributed by atoms with Gasteiger partial charge in [0, 0.05) is 38.4 Å². The van der Waals surface area contributed by atoms with Gasteiger partial charge in [-0.25, -0.2) is 4.39 Å². The second kappa shape index (κ2) is 8.41. The molecule has 0 radical (unpaired) electrons. The van der Waals surface area contributed by atoms with Crippen LogP contribution in [0.3, 0.4) is 0 Å². The van der Waals surface area contributed by atoms with Crippen LogP contribution in [0.1, 0.15) is 16.7 Å². The molecule has 2 aliphatic heterocycles. The Bertz CT molecular complexity index is 802. The number of nitrogens with zero attached hydrogens (tertiary/aromatic N) is 3. The number of carbonyl (C=O) groups is 1. The summed E-state index contributed by atoms with van der Waals surface area (Å²) in [5, 5.41) is 0. The third kappa shape index (κ3) is 3.82. The minimum Gasteiger partial charge on any atom is -0.343 e. The van der Waals surface area contributed by atoms with Crippen LogP contribution in [0.5, 0.6) is 0 Å². The molecule has 0 aliphatic carbocycles. The second-order valence-electron chi connectivity index (χ2n) is 7.90. The number of fused-ring (bicyclic) bond motifs is 1. The van der Waals surface area contributed by atoms with E-state index in [9.17, 15) is 9.18 Å². The Labute approximate surface area is 166 Å². The van der Waals surface area contributed by atoms with Crippen LogP contribution in [0.25, 0.3) is 0 Å². The molecule has 0 spiro atoms. The number of anilines is 1. The summed E-state index contributed by atoms with van der Waals surface area (Å²) in [4.78, 5) is 18.7. The number of benzene rings is 2. The summed E-state index contributed by atoms with van der Waals surface area (Å²) in [6.45, 7) is 6.04. The molecule has 0 saturated carbocycles. The molecule has 2 heterocycles. The summed E-state index contributed by atoms with van der Waals surface area (Å²) in [6.07, 6.45) is 1.26. The number of hydrogen-bond acceptors (Lipinski definition) is 4. The molecule has 2 aliphatic rings. The van der Waals surface area contributed by atoms with E-state index in [1.165, 1.54) is 11.1 Å². The van der Waals surface area contributed by atoms with Crippen LogP contribution in [0, 0.1) is 6.92 Å². The summed E-state index contributed by atoms with van der Waals surface area (Å²) in [5.41, 5.74) is 4.73. The first-order valence-electron chi connectivity index (χ1n) is 10.1. The molecule has 1 saturated heterocycles. The van der Waals surface area contributed by atoms with Crippen molar-refractivity contribution in [2.45, 2.75) is 32.1 Å². The average Bonchev–Trinajstić information content (AvgIpc) is 3.10. The molecule has 5 heteroatoms. The number of carbonyl (C=O) groups excluding carboxylic acids is 1. The lowest BCUT2D eigenvalue weighted by Crippen LogP contribution is -2.58. The number of aryl methyl sites for hydroxylation is 1. The van der Waals surface area contributed by atoms with E-state index in [0.717, 1.165) is 50.3 Å². The van der Waals surface area contributed by atoms with Crippen molar-refractivity contribution in [1.29, 1.82) is 0 Å². The topological polar surface area (TPSA) is 26.8 Å². The standard InChI is InChI=1S/C23H28FN3O/c1-18-6-8-19(9-7-18)16-25-10-12-26(13-11-25)23(17-28)27-21(15-24)14-20-4-2-3-5-22(20)27/h2-9,17,21,23H,10-16H2,1H3/t21?,23-/m0/s1. The zero-order valence-corrected chi connectivity index (χ0v) is 16.4. The fourth-order valence-corrected chi connectivity index (χ4v) is 4.44. The molecule has 2 aromatic rings. The normalized spacial score (nSPS) is 21.5. The van der Waals surface area contributed by atoms with Crippen LogP contribution >= 0.6 is 0 Å². The van der Waals surface area contributed by atoms with E-state index < -0.39 is 12.8 Å². The van der Waals surface area contributed by atoms with Crippen molar-refractivity contribution in [3.05, 3.63) is 65.2 Å². The van der Waals surface area contributed by atoms with Crippen LogP contribution < -0.4 is 4.90 Å². The van der Waals surface area contributed by atoms with Gasteiger partial charge in [-0.3, -0.25) is 14.6 Å². The Hall–Kier alpha value is -2.24. The molecule has 0 bridgehead atoms.